The Bertz CT molecular complexity index is 896. The van der Waals surface area contributed by atoms with Gasteiger partial charge >= 0.3 is 0 Å². The van der Waals surface area contributed by atoms with E-state index in [1.807, 2.05) is 33.1 Å². The molecule has 0 aliphatic rings. The van der Waals surface area contributed by atoms with Gasteiger partial charge in [0.2, 0.25) is 0 Å². The number of fused-ring (bicyclic) bond motifs is 6. The molecule has 0 unspecified atom stereocenters. The van der Waals surface area contributed by atoms with Crippen molar-refractivity contribution in [2.45, 2.75) is 13.5 Å². The van der Waals surface area contributed by atoms with Crippen LogP contribution in [-0.4, -0.2) is 40.8 Å². The maximum Gasteiger partial charge on any atom is 0.171 e. The summed E-state index contributed by atoms with van der Waals surface area (Å²) >= 11 is 0. The topological polar surface area (TPSA) is 88.0 Å². The third kappa shape index (κ3) is 2.03. The van der Waals surface area contributed by atoms with Crippen LogP contribution in [0.25, 0.3) is 22.2 Å². The van der Waals surface area contributed by atoms with Crippen molar-refractivity contribution in [3.8, 4) is 0 Å². The highest BCUT2D eigenvalue weighted by Crippen LogP contribution is 2.22. The zero-order valence-electron chi connectivity index (χ0n) is 11.5. The summed E-state index contributed by atoms with van der Waals surface area (Å²) in [6.07, 6.45) is 3.49. The van der Waals surface area contributed by atoms with E-state index in [0.29, 0.717) is 5.82 Å². The van der Waals surface area contributed by atoms with Crippen LogP contribution in [0.2, 0.25) is 0 Å². The molecule has 2 N–H and O–H groups in total. The Kier molecular flexibility index (Phi) is 3.51. The third-order valence-corrected chi connectivity index (χ3v) is 3.12. The minimum Gasteiger partial charge on any atom is -0.397 e. The van der Waals surface area contributed by atoms with Crippen LogP contribution in [0.1, 0.15) is 12.7 Å². The molecule has 0 saturated carbocycles. The van der Waals surface area contributed by atoms with E-state index in [-0.39, 0.29) is 13.2 Å². The van der Waals surface area contributed by atoms with Crippen molar-refractivity contribution in [3.63, 3.8) is 0 Å². The van der Waals surface area contributed by atoms with E-state index in [2.05, 4.69) is 15.2 Å². The monoisotopic (exact) mass is 285 g/mol. The molecule has 3 aromatic heterocycles. The van der Waals surface area contributed by atoms with Gasteiger partial charge in [-0.3, -0.25) is 8.80 Å². The fourth-order valence-corrected chi connectivity index (χ4v) is 2.35. The fraction of sp³-hybridized carbons (Fsp3) is 0.214. The van der Waals surface area contributed by atoms with Crippen molar-refractivity contribution < 1.29 is 10.2 Å². The second-order valence-electron chi connectivity index (χ2n) is 4.39. The van der Waals surface area contributed by atoms with Gasteiger partial charge in [-0.15, -0.1) is 10.2 Å². The minimum absolute atomic E-state index is 0.152. The van der Waals surface area contributed by atoms with Gasteiger partial charge in [0.25, 0.3) is 0 Å². The Morgan fingerprint density at radius 1 is 1.14 bits per heavy atom. The number of para-hydroxylation sites is 1. The van der Waals surface area contributed by atoms with E-state index < -0.39 is 0 Å². The van der Waals surface area contributed by atoms with Gasteiger partial charge in [-0.2, -0.15) is 0 Å². The summed E-state index contributed by atoms with van der Waals surface area (Å²) in [6.45, 7) is 1.78. The molecule has 0 saturated heterocycles. The summed E-state index contributed by atoms with van der Waals surface area (Å²) in [5.41, 5.74) is 2.61. The number of imidazole rings is 1. The molecule has 0 amide bonds. The summed E-state index contributed by atoms with van der Waals surface area (Å²) in [5.74, 6) is 0.515. The summed E-state index contributed by atoms with van der Waals surface area (Å²) in [5, 5.41) is 26.1. The van der Waals surface area contributed by atoms with Crippen LogP contribution >= 0.6 is 0 Å². The molecule has 21 heavy (non-hydrogen) atoms. The van der Waals surface area contributed by atoms with Crippen molar-refractivity contribution in [2.75, 3.05) is 6.61 Å². The fourth-order valence-electron chi connectivity index (χ4n) is 2.35. The summed E-state index contributed by atoms with van der Waals surface area (Å²) in [7, 11) is 0. The first kappa shape index (κ1) is 13.5. The van der Waals surface area contributed by atoms with E-state index in [9.17, 15) is 5.11 Å². The summed E-state index contributed by atoms with van der Waals surface area (Å²) in [6, 6.07) is 7.93. The molecular weight excluding hydrogens is 270 g/mol. The lowest BCUT2D eigenvalue weighted by molar-refractivity contribution is 0.270. The minimum atomic E-state index is -0.152. The molecule has 4 aromatic rings. The highest BCUT2D eigenvalue weighted by Gasteiger charge is 2.13. The van der Waals surface area contributed by atoms with Crippen LogP contribution in [0.4, 0.5) is 0 Å². The number of hydrogen-bond acceptors (Lipinski definition) is 5. The van der Waals surface area contributed by atoms with Crippen molar-refractivity contribution in [2.24, 2.45) is 0 Å². The highest BCUT2D eigenvalue weighted by molar-refractivity contribution is 5.93. The zero-order valence-corrected chi connectivity index (χ0v) is 11.5. The van der Waals surface area contributed by atoms with Gasteiger partial charge in [0.15, 0.2) is 11.5 Å². The molecule has 4 rings (SSSR count). The Balaban J connectivity index is 0.000000409. The normalized spacial score (nSPS) is 11.0. The Morgan fingerprint density at radius 3 is 2.67 bits per heavy atom. The number of aliphatic hydroxyl groups excluding tert-OH is 2. The molecule has 3 heterocycles. The molecule has 7 heteroatoms. The average Bonchev–Trinajstić information content (AvgIpc) is 3.14. The number of aromatic nitrogens is 5. The lowest BCUT2D eigenvalue weighted by Gasteiger charge is -2.06. The van der Waals surface area contributed by atoms with Crippen molar-refractivity contribution in [1.29, 1.82) is 0 Å². The van der Waals surface area contributed by atoms with Gasteiger partial charge < -0.3 is 10.2 Å². The molecule has 1 aromatic carbocycles. The molecular formula is C14H15N5O2. The average molecular weight is 285 g/mol. The van der Waals surface area contributed by atoms with Crippen molar-refractivity contribution >= 4 is 22.2 Å². The van der Waals surface area contributed by atoms with E-state index in [1.54, 1.807) is 19.4 Å². The smallest absolute Gasteiger partial charge is 0.171 e. The van der Waals surface area contributed by atoms with Gasteiger partial charge in [-0.1, -0.05) is 12.1 Å². The van der Waals surface area contributed by atoms with E-state index in [1.165, 1.54) is 0 Å². The first-order valence-corrected chi connectivity index (χ1v) is 6.60. The number of hydrogen-bond donors (Lipinski definition) is 2. The first-order chi connectivity index (χ1) is 10.3. The number of benzene rings is 1. The predicted octanol–water partition coefficient (Wildman–Crippen LogP) is 1.02. The van der Waals surface area contributed by atoms with Crippen LogP contribution < -0.4 is 0 Å². The SMILES string of the molecule is CCO.OCc1nnc2c3ccccc3n3cncc3n12. The maximum atomic E-state index is 9.34. The van der Waals surface area contributed by atoms with Gasteiger partial charge in [0.05, 0.1) is 11.7 Å². The van der Waals surface area contributed by atoms with Gasteiger partial charge in [-0.25, -0.2) is 4.98 Å². The number of aliphatic hydroxyl groups is 2. The molecule has 0 bridgehead atoms. The standard InChI is InChI=1S/C12H9N5O.C2H6O/c18-6-10-14-15-12-8-3-1-2-4-9(8)16-7-13-5-11(16)17(10)12;1-2-3/h1-5,7,18H,6H2;3H,2H2,1H3. The van der Waals surface area contributed by atoms with Crippen LogP contribution in [0.15, 0.2) is 36.8 Å². The predicted molar refractivity (Wildman–Crippen MR) is 77.9 cm³/mol. The lowest BCUT2D eigenvalue weighted by atomic mass is 10.2. The molecule has 0 aliphatic carbocycles. The molecule has 108 valence electrons. The largest absolute Gasteiger partial charge is 0.397 e. The number of nitrogens with zero attached hydrogens (tertiary/aromatic N) is 5. The second kappa shape index (κ2) is 5.47. The van der Waals surface area contributed by atoms with Gasteiger partial charge in [-0.05, 0) is 19.1 Å². The van der Waals surface area contributed by atoms with Crippen LogP contribution in [0, 0.1) is 0 Å². The first-order valence-electron chi connectivity index (χ1n) is 6.60. The molecule has 0 aliphatic heterocycles. The van der Waals surface area contributed by atoms with E-state index >= 15 is 0 Å². The van der Waals surface area contributed by atoms with E-state index in [4.69, 9.17) is 5.11 Å². The van der Waals surface area contributed by atoms with E-state index in [0.717, 1.165) is 22.2 Å². The molecule has 7 nitrogen and oxygen atoms in total. The summed E-state index contributed by atoms with van der Waals surface area (Å²) in [4.78, 5) is 4.16. The molecule has 0 radical (unpaired) electrons. The van der Waals surface area contributed by atoms with Crippen molar-refractivity contribution in [3.05, 3.63) is 42.6 Å². The summed E-state index contributed by atoms with van der Waals surface area (Å²) < 4.78 is 3.79. The van der Waals surface area contributed by atoms with Crippen molar-refractivity contribution in [1.82, 2.24) is 24.0 Å². The zero-order chi connectivity index (χ0) is 14.8. The van der Waals surface area contributed by atoms with Gasteiger partial charge in [0, 0.05) is 12.0 Å². The quantitative estimate of drug-likeness (QED) is 0.545. The Labute approximate surface area is 120 Å². The van der Waals surface area contributed by atoms with Crippen LogP contribution in [0.5, 0.6) is 0 Å². The number of rotatable bonds is 1. The molecule has 0 fully saturated rings. The molecule has 0 atom stereocenters. The lowest BCUT2D eigenvalue weighted by Crippen LogP contribution is -2.00. The van der Waals surface area contributed by atoms with Crippen LogP contribution in [0.3, 0.4) is 0 Å². The third-order valence-electron chi connectivity index (χ3n) is 3.12. The Morgan fingerprint density at radius 2 is 1.90 bits per heavy atom. The van der Waals surface area contributed by atoms with Gasteiger partial charge in [0.1, 0.15) is 18.6 Å². The highest BCUT2D eigenvalue weighted by atomic mass is 16.3. The van der Waals surface area contributed by atoms with Crippen LogP contribution in [-0.2, 0) is 6.61 Å². The molecule has 0 spiro atoms. The second-order valence-corrected chi connectivity index (χ2v) is 4.39. The maximum absolute atomic E-state index is 9.34. The Hall–Kier alpha value is -2.51.